The van der Waals surface area contributed by atoms with E-state index in [0.717, 1.165) is 0 Å². The summed E-state index contributed by atoms with van der Waals surface area (Å²) in [4.78, 5) is 26.8. The van der Waals surface area contributed by atoms with Gasteiger partial charge in [-0.25, -0.2) is 9.37 Å². The molecule has 9 heteroatoms. The fourth-order valence-electron chi connectivity index (χ4n) is 1.70. The SMILES string of the molecule is O=C(Nc1nc(Cl)c2[nH]cnc2n1)c1cccc(F)c1Br. The smallest absolute Gasteiger partial charge is 0.259 e. The number of rotatable bonds is 2. The van der Waals surface area contributed by atoms with E-state index in [1.807, 2.05) is 0 Å². The van der Waals surface area contributed by atoms with E-state index in [4.69, 9.17) is 11.6 Å². The highest BCUT2D eigenvalue weighted by Gasteiger charge is 2.16. The van der Waals surface area contributed by atoms with Crippen molar-refractivity contribution >= 4 is 50.6 Å². The van der Waals surface area contributed by atoms with Crippen LogP contribution in [0.3, 0.4) is 0 Å². The number of carbonyl (C=O) groups is 1. The first-order valence-corrected chi connectivity index (χ1v) is 6.85. The fraction of sp³-hybridized carbons (Fsp3) is 0. The number of halogens is 3. The minimum absolute atomic E-state index is 0.0132. The Hall–Kier alpha value is -2.06. The van der Waals surface area contributed by atoms with Gasteiger partial charge in [-0.3, -0.25) is 10.1 Å². The second-order valence-corrected chi connectivity index (χ2v) is 5.15. The minimum atomic E-state index is -0.563. The van der Waals surface area contributed by atoms with Crippen molar-refractivity contribution in [3.8, 4) is 0 Å². The van der Waals surface area contributed by atoms with E-state index in [-0.39, 0.29) is 21.1 Å². The monoisotopic (exact) mass is 369 g/mol. The molecular formula is C12H6BrClFN5O. The van der Waals surface area contributed by atoms with Crippen LogP contribution in [0.2, 0.25) is 5.15 Å². The van der Waals surface area contributed by atoms with E-state index >= 15 is 0 Å². The van der Waals surface area contributed by atoms with Crippen LogP contribution in [0.15, 0.2) is 29.0 Å². The zero-order valence-electron chi connectivity index (χ0n) is 10.2. The maximum atomic E-state index is 13.4. The third kappa shape index (κ3) is 2.59. The predicted molar refractivity (Wildman–Crippen MR) is 78.7 cm³/mol. The quantitative estimate of drug-likeness (QED) is 0.679. The number of hydrogen-bond donors (Lipinski definition) is 2. The van der Waals surface area contributed by atoms with Gasteiger partial charge in [0.25, 0.3) is 5.91 Å². The summed E-state index contributed by atoms with van der Waals surface area (Å²) < 4.78 is 13.5. The van der Waals surface area contributed by atoms with E-state index < -0.39 is 11.7 Å². The molecule has 0 aliphatic rings. The van der Waals surface area contributed by atoms with Crippen molar-refractivity contribution in [2.45, 2.75) is 0 Å². The molecule has 0 spiro atoms. The average Bonchev–Trinajstić information content (AvgIpc) is 2.90. The Morgan fingerprint density at radius 3 is 3.00 bits per heavy atom. The number of nitrogens with zero attached hydrogens (tertiary/aromatic N) is 3. The highest BCUT2D eigenvalue weighted by molar-refractivity contribution is 9.10. The summed E-state index contributed by atoms with van der Waals surface area (Å²) in [7, 11) is 0. The number of carbonyl (C=O) groups excluding carboxylic acids is 1. The number of amides is 1. The molecule has 2 N–H and O–H groups in total. The average molecular weight is 371 g/mol. The molecule has 2 heterocycles. The van der Waals surface area contributed by atoms with Gasteiger partial charge < -0.3 is 4.98 Å². The highest BCUT2D eigenvalue weighted by Crippen LogP contribution is 2.22. The van der Waals surface area contributed by atoms with Gasteiger partial charge in [-0.1, -0.05) is 17.7 Å². The Kier molecular flexibility index (Phi) is 3.56. The van der Waals surface area contributed by atoms with Crippen molar-refractivity contribution < 1.29 is 9.18 Å². The molecule has 6 nitrogen and oxygen atoms in total. The molecule has 1 aromatic carbocycles. The van der Waals surface area contributed by atoms with Crippen LogP contribution >= 0.6 is 27.5 Å². The molecule has 0 aliphatic carbocycles. The van der Waals surface area contributed by atoms with E-state index in [1.54, 1.807) is 0 Å². The lowest BCUT2D eigenvalue weighted by Gasteiger charge is -2.06. The molecule has 3 aromatic rings. The number of nitrogens with one attached hydrogen (secondary N) is 2. The van der Waals surface area contributed by atoms with Gasteiger partial charge in [-0.05, 0) is 28.1 Å². The molecule has 1 amide bonds. The predicted octanol–water partition coefficient (Wildman–Crippen LogP) is 3.16. The summed E-state index contributed by atoms with van der Waals surface area (Å²) in [6, 6.07) is 4.14. The van der Waals surface area contributed by atoms with E-state index in [2.05, 4.69) is 41.2 Å². The lowest BCUT2D eigenvalue weighted by molar-refractivity contribution is 0.102. The summed E-state index contributed by atoms with van der Waals surface area (Å²) in [5, 5.41) is 2.58. The van der Waals surface area contributed by atoms with Crippen molar-refractivity contribution in [3.05, 3.63) is 45.5 Å². The molecule has 3 rings (SSSR count). The van der Waals surface area contributed by atoms with Gasteiger partial charge in [0.1, 0.15) is 11.3 Å². The number of benzene rings is 1. The lowest BCUT2D eigenvalue weighted by Crippen LogP contribution is -2.15. The largest absolute Gasteiger partial charge is 0.341 e. The first kappa shape index (κ1) is 13.9. The van der Waals surface area contributed by atoms with Gasteiger partial charge >= 0.3 is 0 Å². The maximum Gasteiger partial charge on any atom is 0.259 e. The van der Waals surface area contributed by atoms with Crippen LogP contribution < -0.4 is 5.32 Å². The Morgan fingerprint density at radius 2 is 2.19 bits per heavy atom. The van der Waals surface area contributed by atoms with Gasteiger partial charge in [0, 0.05) is 0 Å². The molecule has 106 valence electrons. The Labute approximate surface area is 130 Å². The van der Waals surface area contributed by atoms with Gasteiger partial charge in [0.05, 0.1) is 16.4 Å². The molecule has 0 fully saturated rings. The summed E-state index contributed by atoms with van der Waals surface area (Å²) >= 11 is 8.97. The van der Waals surface area contributed by atoms with E-state index in [0.29, 0.717) is 11.2 Å². The van der Waals surface area contributed by atoms with Crippen molar-refractivity contribution in [1.29, 1.82) is 0 Å². The first-order valence-electron chi connectivity index (χ1n) is 5.68. The third-order valence-corrected chi connectivity index (χ3v) is 3.74. The standard InChI is InChI=1S/C12H6BrClFN5O/c13-7-5(2-1-3-6(7)15)11(21)20-12-18-9(14)8-10(19-12)17-4-16-8/h1-4H,(H2,16,17,18,19,20,21). The van der Waals surface area contributed by atoms with Gasteiger partial charge in [0.2, 0.25) is 5.95 Å². The highest BCUT2D eigenvalue weighted by atomic mass is 79.9. The molecule has 0 bridgehead atoms. The van der Waals surface area contributed by atoms with E-state index in [9.17, 15) is 9.18 Å². The summed E-state index contributed by atoms with van der Waals surface area (Å²) in [5.74, 6) is -1.11. The van der Waals surface area contributed by atoms with Gasteiger partial charge in [-0.2, -0.15) is 9.97 Å². The molecule has 0 radical (unpaired) electrons. The maximum absolute atomic E-state index is 13.4. The fourth-order valence-corrected chi connectivity index (χ4v) is 2.37. The number of hydrogen-bond acceptors (Lipinski definition) is 4. The number of anilines is 1. The van der Waals surface area contributed by atoms with Crippen LogP contribution in [0.1, 0.15) is 10.4 Å². The van der Waals surface area contributed by atoms with Crippen LogP contribution in [-0.4, -0.2) is 25.8 Å². The second-order valence-electron chi connectivity index (χ2n) is 3.99. The van der Waals surface area contributed by atoms with Crippen molar-refractivity contribution in [2.24, 2.45) is 0 Å². The number of fused-ring (bicyclic) bond motifs is 1. The van der Waals surface area contributed by atoms with Crippen molar-refractivity contribution in [2.75, 3.05) is 5.32 Å². The summed E-state index contributed by atoms with van der Waals surface area (Å²) in [6.07, 6.45) is 1.42. The molecule has 0 unspecified atom stereocenters. The first-order chi connectivity index (χ1) is 10.1. The number of aromatic nitrogens is 4. The Bertz CT molecular complexity index is 853. The number of imidazole rings is 1. The van der Waals surface area contributed by atoms with Crippen LogP contribution in [0, 0.1) is 5.82 Å². The second kappa shape index (κ2) is 5.38. The summed E-state index contributed by atoms with van der Waals surface area (Å²) in [5.41, 5.74) is 0.919. The Morgan fingerprint density at radius 1 is 1.38 bits per heavy atom. The van der Waals surface area contributed by atoms with Gasteiger partial charge in [0.15, 0.2) is 10.8 Å². The normalized spacial score (nSPS) is 10.8. The van der Waals surface area contributed by atoms with Crippen LogP contribution in [-0.2, 0) is 0 Å². The topological polar surface area (TPSA) is 83.6 Å². The molecule has 0 aliphatic heterocycles. The molecule has 0 saturated carbocycles. The van der Waals surface area contributed by atoms with Crippen molar-refractivity contribution in [1.82, 2.24) is 19.9 Å². The summed E-state index contributed by atoms with van der Waals surface area (Å²) in [6.45, 7) is 0. The zero-order chi connectivity index (χ0) is 15.0. The molecule has 0 atom stereocenters. The molecule has 2 aromatic heterocycles. The van der Waals surface area contributed by atoms with Gasteiger partial charge in [-0.15, -0.1) is 0 Å². The Balaban J connectivity index is 1.94. The van der Waals surface area contributed by atoms with Crippen LogP contribution in [0.4, 0.5) is 10.3 Å². The van der Waals surface area contributed by atoms with Crippen molar-refractivity contribution in [3.63, 3.8) is 0 Å². The molecule has 21 heavy (non-hydrogen) atoms. The zero-order valence-corrected chi connectivity index (χ0v) is 12.5. The minimum Gasteiger partial charge on any atom is -0.341 e. The number of aromatic amines is 1. The van der Waals surface area contributed by atoms with Crippen LogP contribution in [0.25, 0.3) is 11.2 Å². The third-order valence-electron chi connectivity index (χ3n) is 2.66. The number of H-pyrrole nitrogens is 1. The molecule has 0 saturated heterocycles. The van der Waals surface area contributed by atoms with E-state index in [1.165, 1.54) is 24.5 Å². The van der Waals surface area contributed by atoms with Crippen LogP contribution in [0.5, 0.6) is 0 Å². The lowest BCUT2D eigenvalue weighted by atomic mass is 10.2. The molecular weight excluding hydrogens is 365 g/mol.